The number of ketones is 1. The van der Waals surface area contributed by atoms with Crippen molar-refractivity contribution in [2.24, 2.45) is 0 Å². The molecule has 2 aromatic rings. The lowest BCUT2D eigenvalue weighted by Gasteiger charge is -2.36. The van der Waals surface area contributed by atoms with Crippen molar-refractivity contribution in [2.45, 2.75) is 6.92 Å². The highest BCUT2D eigenvalue weighted by Gasteiger charge is 2.25. The van der Waals surface area contributed by atoms with E-state index in [1.807, 2.05) is 23.1 Å². The van der Waals surface area contributed by atoms with Crippen LogP contribution in [-0.4, -0.2) is 41.9 Å². The van der Waals surface area contributed by atoms with Gasteiger partial charge in [0.25, 0.3) is 5.69 Å². The molecule has 24 heavy (non-hydrogen) atoms. The topological polar surface area (TPSA) is 79.6 Å². The highest BCUT2D eigenvalue weighted by Crippen LogP contribution is 2.30. The number of nitrogens with zero attached hydrogens (tertiary/aromatic N) is 4. The van der Waals surface area contributed by atoms with Crippen LogP contribution in [0, 0.1) is 10.1 Å². The summed E-state index contributed by atoms with van der Waals surface area (Å²) in [6, 6.07) is 10.5. The predicted octanol–water partition coefficient (Wildman–Crippen LogP) is 2.52. The second kappa shape index (κ2) is 6.66. The summed E-state index contributed by atoms with van der Waals surface area (Å²) in [5, 5.41) is 11.4. The fourth-order valence-corrected chi connectivity index (χ4v) is 2.87. The molecule has 3 rings (SSSR count). The van der Waals surface area contributed by atoms with Gasteiger partial charge in [0.2, 0.25) is 0 Å². The molecule has 1 aromatic heterocycles. The van der Waals surface area contributed by atoms with Crippen molar-refractivity contribution >= 4 is 23.0 Å². The normalized spacial score (nSPS) is 14.5. The van der Waals surface area contributed by atoms with Gasteiger partial charge in [0.15, 0.2) is 5.78 Å². The number of carbonyl (C=O) groups excluding carboxylic acids is 1. The highest BCUT2D eigenvalue weighted by atomic mass is 16.6. The zero-order valence-corrected chi connectivity index (χ0v) is 13.4. The van der Waals surface area contributed by atoms with Crippen molar-refractivity contribution in [1.82, 2.24) is 4.98 Å². The van der Waals surface area contributed by atoms with Crippen LogP contribution in [0.5, 0.6) is 0 Å². The van der Waals surface area contributed by atoms with Crippen LogP contribution in [0.15, 0.2) is 42.6 Å². The van der Waals surface area contributed by atoms with E-state index in [9.17, 15) is 14.9 Å². The van der Waals surface area contributed by atoms with E-state index < -0.39 is 4.92 Å². The first-order chi connectivity index (χ1) is 11.6. The summed E-state index contributed by atoms with van der Waals surface area (Å²) in [4.78, 5) is 30.9. The Morgan fingerprint density at radius 3 is 2.42 bits per heavy atom. The summed E-state index contributed by atoms with van der Waals surface area (Å²) in [6.07, 6.45) is 1.76. The molecule has 0 amide bonds. The maximum Gasteiger partial charge on any atom is 0.293 e. The van der Waals surface area contributed by atoms with E-state index in [0.717, 1.165) is 18.9 Å². The first-order valence-electron chi connectivity index (χ1n) is 7.76. The molecule has 0 bridgehead atoms. The Morgan fingerprint density at radius 2 is 1.83 bits per heavy atom. The van der Waals surface area contributed by atoms with E-state index in [1.165, 1.54) is 13.0 Å². The van der Waals surface area contributed by atoms with Gasteiger partial charge in [-0.25, -0.2) is 4.98 Å². The molecule has 0 unspecified atom stereocenters. The third kappa shape index (κ3) is 3.19. The van der Waals surface area contributed by atoms with Crippen molar-refractivity contribution in [3.63, 3.8) is 0 Å². The van der Waals surface area contributed by atoms with Gasteiger partial charge in [-0.05, 0) is 31.2 Å². The van der Waals surface area contributed by atoms with Crippen LogP contribution < -0.4 is 9.80 Å². The van der Waals surface area contributed by atoms with Crippen LogP contribution in [0.1, 0.15) is 17.3 Å². The number of hydrogen-bond donors (Lipinski definition) is 0. The average Bonchev–Trinajstić information content (AvgIpc) is 2.62. The number of carbonyl (C=O) groups is 1. The second-order valence-corrected chi connectivity index (χ2v) is 5.68. The number of pyridine rings is 1. The van der Waals surface area contributed by atoms with E-state index in [2.05, 4.69) is 9.88 Å². The predicted molar refractivity (Wildman–Crippen MR) is 91.8 cm³/mol. The van der Waals surface area contributed by atoms with E-state index in [4.69, 9.17) is 0 Å². The number of nitro benzene ring substituents is 1. The maximum atomic E-state index is 11.5. The van der Waals surface area contributed by atoms with Gasteiger partial charge < -0.3 is 9.80 Å². The van der Waals surface area contributed by atoms with Crippen molar-refractivity contribution < 1.29 is 9.72 Å². The van der Waals surface area contributed by atoms with Crippen molar-refractivity contribution in [3.05, 3.63) is 58.3 Å². The monoisotopic (exact) mass is 326 g/mol. The van der Waals surface area contributed by atoms with Crippen LogP contribution in [0.4, 0.5) is 17.2 Å². The summed E-state index contributed by atoms with van der Waals surface area (Å²) in [7, 11) is 0. The molecule has 0 N–H and O–H groups in total. The standard InChI is InChI=1S/C17H18N4O3/c1-13(22)14-5-6-15(16(12-14)21(23)24)19-8-10-20(11-9-19)17-4-2-3-7-18-17/h2-7,12H,8-11H2,1H3. The third-order valence-electron chi connectivity index (χ3n) is 4.17. The Balaban J connectivity index is 1.79. The quantitative estimate of drug-likeness (QED) is 0.488. The number of Topliss-reactive ketones (excluding diaryl/α,β-unsaturated/α-hetero) is 1. The minimum Gasteiger partial charge on any atom is -0.362 e. The fraction of sp³-hybridized carbons (Fsp3) is 0.294. The highest BCUT2D eigenvalue weighted by molar-refractivity contribution is 5.95. The number of benzene rings is 1. The molecule has 2 heterocycles. The summed E-state index contributed by atoms with van der Waals surface area (Å²) in [6.45, 7) is 4.21. The van der Waals surface area contributed by atoms with Crippen LogP contribution in [0.25, 0.3) is 0 Å². The van der Waals surface area contributed by atoms with Crippen LogP contribution in [-0.2, 0) is 0 Å². The zero-order valence-electron chi connectivity index (χ0n) is 13.4. The maximum absolute atomic E-state index is 11.5. The Kier molecular flexibility index (Phi) is 4.41. The van der Waals surface area contributed by atoms with Crippen molar-refractivity contribution in [1.29, 1.82) is 0 Å². The molecule has 1 saturated heterocycles. The van der Waals surface area contributed by atoms with Gasteiger partial charge in [-0.1, -0.05) is 6.07 Å². The molecule has 7 nitrogen and oxygen atoms in total. The number of hydrogen-bond acceptors (Lipinski definition) is 6. The Labute approximate surface area is 139 Å². The van der Waals surface area contributed by atoms with E-state index >= 15 is 0 Å². The second-order valence-electron chi connectivity index (χ2n) is 5.68. The van der Waals surface area contributed by atoms with Crippen LogP contribution in [0.3, 0.4) is 0 Å². The van der Waals surface area contributed by atoms with Gasteiger partial charge in [-0.3, -0.25) is 14.9 Å². The minimum atomic E-state index is -0.424. The van der Waals surface area contributed by atoms with Gasteiger partial charge in [-0.2, -0.15) is 0 Å². The van der Waals surface area contributed by atoms with Crippen LogP contribution in [0.2, 0.25) is 0 Å². The molecule has 0 aliphatic carbocycles. The number of anilines is 2. The summed E-state index contributed by atoms with van der Waals surface area (Å²) < 4.78 is 0. The number of piperazine rings is 1. The zero-order chi connectivity index (χ0) is 17.1. The Hall–Kier alpha value is -2.96. The van der Waals surface area contributed by atoms with Gasteiger partial charge in [0.1, 0.15) is 11.5 Å². The van der Waals surface area contributed by atoms with Crippen molar-refractivity contribution in [3.8, 4) is 0 Å². The number of nitro groups is 1. The van der Waals surface area contributed by atoms with Crippen molar-refractivity contribution in [2.75, 3.05) is 36.0 Å². The molecule has 1 aliphatic rings. The molecule has 0 radical (unpaired) electrons. The average molecular weight is 326 g/mol. The number of rotatable bonds is 4. The molecule has 7 heteroatoms. The van der Waals surface area contributed by atoms with Gasteiger partial charge in [0.05, 0.1) is 4.92 Å². The largest absolute Gasteiger partial charge is 0.362 e. The summed E-state index contributed by atoms with van der Waals surface area (Å²) in [5.74, 6) is 0.739. The molecule has 0 atom stereocenters. The Bertz CT molecular complexity index is 756. The summed E-state index contributed by atoms with van der Waals surface area (Å²) in [5.41, 5.74) is 0.900. The molecule has 0 spiro atoms. The molecular formula is C17H18N4O3. The molecule has 124 valence electrons. The lowest BCUT2D eigenvalue weighted by molar-refractivity contribution is -0.384. The Morgan fingerprint density at radius 1 is 1.12 bits per heavy atom. The minimum absolute atomic E-state index is 0.0195. The summed E-state index contributed by atoms with van der Waals surface area (Å²) >= 11 is 0. The van der Waals surface area contributed by atoms with E-state index in [0.29, 0.717) is 24.3 Å². The van der Waals surface area contributed by atoms with E-state index in [-0.39, 0.29) is 11.5 Å². The lowest BCUT2D eigenvalue weighted by Crippen LogP contribution is -2.47. The molecule has 1 fully saturated rings. The SMILES string of the molecule is CC(=O)c1ccc(N2CCN(c3ccccn3)CC2)c([N+](=O)[O-])c1. The first kappa shape index (κ1) is 15.9. The first-order valence-corrected chi connectivity index (χ1v) is 7.76. The fourth-order valence-electron chi connectivity index (χ4n) is 2.87. The molecular weight excluding hydrogens is 308 g/mol. The van der Waals surface area contributed by atoms with Gasteiger partial charge >= 0.3 is 0 Å². The smallest absolute Gasteiger partial charge is 0.293 e. The molecule has 0 saturated carbocycles. The lowest BCUT2D eigenvalue weighted by atomic mass is 10.1. The number of aromatic nitrogens is 1. The third-order valence-corrected chi connectivity index (χ3v) is 4.17. The van der Waals surface area contributed by atoms with Gasteiger partial charge in [-0.15, -0.1) is 0 Å². The molecule has 1 aromatic carbocycles. The van der Waals surface area contributed by atoms with E-state index in [1.54, 1.807) is 18.3 Å². The van der Waals surface area contributed by atoms with Gasteiger partial charge in [0, 0.05) is 44.0 Å². The molecule has 1 aliphatic heterocycles. The van der Waals surface area contributed by atoms with Crippen LogP contribution >= 0.6 is 0 Å².